The summed E-state index contributed by atoms with van der Waals surface area (Å²) in [6.45, 7) is 4.13. The quantitative estimate of drug-likeness (QED) is 0.572. The zero-order valence-corrected chi connectivity index (χ0v) is 15.5. The van der Waals surface area contributed by atoms with Gasteiger partial charge in [0.15, 0.2) is 0 Å². The molecule has 0 bridgehead atoms. The molecule has 1 heterocycles. The number of carbonyl (C=O) groups is 1. The molecule has 0 spiro atoms. The molecule has 2 rings (SSSR count). The van der Waals surface area contributed by atoms with Crippen molar-refractivity contribution in [3.8, 4) is 0 Å². The molecule has 1 fully saturated rings. The van der Waals surface area contributed by atoms with E-state index in [1.807, 2.05) is 17.1 Å². The molecule has 1 atom stereocenters. The predicted molar refractivity (Wildman–Crippen MR) is 92.6 cm³/mol. The number of thiol groups is 1. The van der Waals surface area contributed by atoms with Gasteiger partial charge in [-0.25, -0.2) is 8.42 Å². The van der Waals surface area contributed by atoms with Gasteiger partial charge in [-0.05, 0) is 44.6 Å². The van der Waals surface area contributed by atoms with Crippen LogP contribution in [-0.4, -0.2) is 36.5 Å². The van der Waals surface area contributed by atoms with Gasteiger partial charge in [0.25, 0.3) is 0 Å². The number of hydrogen-bond acceptors (Lipinski definition) is 5. The van der Waals surface area contributed by atoms with Crippen molar-refractivity contribution in [2.75, 3.05) is 12.4 Å². The first-order valence-corrected chi connectivity index (χ1v) is 10.1. The summed E-state index contributed by atoms with van der Waals surface area (Å²) in [4.78, 5) is 12.2. The van der Waals surface area contributed by atoms with Gasteiger partial charge >= 0.3 is 5.97 Å². The molecule has 0 N–H and O–H groups in total. The van der Waals surface area contributed by atoms with Crippen LogP contribution in [0.4, 0.5) is 0 Å². The van der Waals surface area contributed by atoms with Crippen LogP contribution in [0.1, 0.15) is 63.9 Å². The number of esters is 1. The lowest BCUT2D eigenvalue weighted by atomic mass is 9.85. The van der Waals surface area contributed by atoms with E-state index in [4.69, 9.17) is 4.74 Å². The molecular formula is C17H28N2O4S. The first-order valence-electron chi connectivity index (χ1n) is 8.76. The van der Waals surface area contributed by atoms with Gasteiger partial charge in [-0.15, -0.1) is 0 Å². The first kappa shape index (κ1) is 19.0. The lowest BCUT2D eigenvalue weighted by Gasteiger charge is -2.24. The third kappa shape index (κ3) is 5.06. The van der Waals surface area contributed by atoms with Crippen LogP contribution in [-0.2, 0) is 26.8 Å². The van der Waals surface area contributed by atoms with E-state index in [1.54, 1.807) is 13.8 Å². The van der Waals surface area contributed by atoms with Crippen molar-refractivity contribution >= 4 is 16.7 Å². The van der Waals surface area contributed by atoms with Crippen LogP contribution in [0.15, 0.2) is 12.4 Å². The molecule has 6 nitrogen and oxygen atoms in total. The second-order valence-electron chi connectivity index (χ2n) is 6.89. The van der Waals surface area contributed by atoms with Crippen LogP contribution >= 0.6 is 0 Å². The van der Waals surface area contributed by atoms with E-state index in [0.717, 1.165) is 0 Å². The van der Waals surface area contributed by atoms with Gasteiger partial charge in [-0.1, -0.05) is 19.3 Å². The Kier molecular flexibility index (Phi) is 6.83. The lowest BCUT2D eigenvalue weighted by molar-refractivity contribution is -0.153. The molecular weight excluding hydrogens is 328 g/mol. The number of hydrogen-bond donors (Lipinski definition) is 1. The Morgan fingerprint density at radius 2 is 2.08 bits per heavy atom. The largest absolute Gasteiger partial charge is 0.466 e. The summed E-state index contributed by atoms with van der Waals surface area (Å²) in [5, 5.41) is 4.39. The molecule has 0 amide bonds. The van der Waals surface area contributed by atoms with Gasteiger partial charge in [0.05, 0.1) is 24.0 Å². The zero-order valence-electron chi connectivity index (χ0n) is 14.6. The molecule has 1 aromatic heterocycles. The van der Waals surface area contributed by atoms with Gasteiger partial charge in [-0.2, -0.15) is 5.10 Å². The number of aryl methyl sites for hydroxylation is 1. The monoisotopic (exact) mass is 356 g/mol. The van der Waals surface area contributed by atoms with E-state index in [0.29, 0.717) is 18.9 Å². The fraction of sp³-hybridized carbons (Fsp3) is 0.765. The highest BCUT2D eigenvalue weighted by molar-refractivity contribution is 7.72. The molecule has 0 aromatic carbocycles. The Labute approximate surface area is 145 Å². The minimum absolute atomic E-state index is 0.197. The third-order valence-corrected chi connectivity index (χ3v) is 5.82. The topological polar surface area (TPSA) is 78.3 Å². The van der Waals surface area contributed by atoms with Crippen molar-refractivity contribution in [1.29, 1.82) is 0 Å². The first-order chi connectivity index (χ1) is 11.4. The van der Waals surface area contributed by atoms with E-state index >= 15 is 0 Å². The molecule has 1 unspecified atom stereocenters. The van der Waals surface area contributed by atoms with E-state index in [-0.39, 0.29) is 12.4 Å². The fourth-order valence-electron chi connectivity index (χ4n) is 3.35. The maximum Gasteiger partial charge on any atom is 0.312 e. The average Bonchev–Trinajstić information content (AvgIpc) is 3.02. The molecule has 0 radical (unpaired) electrons. The Hall–Kier alpha value is -1.37. The molecule has 0 aliphatic heterocycles. The van der Waals surface area contributed by atoms with Crippen LogP contribution in [0.2, 0.25) is 0 Å². The summed E-state index contributed by atoms with van der Waals surface area (Å²) >= 11 is 0. The molecule has 7 heteroatoms. The van der Waals surface area contributed by atoms with Crippen LogP contribution in [0.5, 0.6) is 0 Å². The Balaban J connectivity index is 2.00. The standard InChI is InChI=1S/C17H28N2O4S/c1-3-23-16(20)17(2,13-24(21)22)9-10-19-12-15(11-18-19)14-7-5-4-6-8-14/h11-12,14,24H,3-10,13H2,1-2H3. The number of aromatic nitrogens is 2. The maximum absolute atomic E-state index is 12.2. The number of carbonyl (C=O) groups excluding carboxylic acids is 1. The number of ether oxygens (including phenoxy) is 1. The average molecular weight is 356 g/mol. The fourth-order valence-corrected chi connectivity index (χ4v) is 4.20. The Morgan fingerprint density at radius 1 is 1.38 bits per heavy atom. The normalized spacial score (nSPS) is 18.5. The van der Waals surface area contributed by atoms with Crippen LogP contribution in [0.25, 0.3) is 0 Å². The molecule has 0 saturated heterocycles. The minimum Gasteiger partial charge on any atom is -0.466 e. The van der Waals surface area contributed by atoms with E-state index in [2.05, 4.69) is 5.10 Å². The van der Waals surface area contributed by atoms with Crippen molar-refractivity contribution in [2.24, 2.45) is 5.41 Å². The van der Waals surface area contributed by atoms with Crippen LogP contribution in [0, 0.1) is 5.41 Å². The van der Waals surface area contributed by atoms with Gasteiger partial charge in [0, 0.05) is 12.7 Å². The van der Waals surface area contributed by atoms with Crippen LogP contribution in [0.3, 0.4) is 0 Å². The molecule has 1 saturated carbocycles. The molecule has 136 valence electrons. The maximum atomic E-state index is 12.2. The van der Waals surface area contributed by atoms with Gasteiger partial charge in [-0.3, -0.25) is 9.48 Å². The summed E-state index contributed by atoms with van der Waals surface area (Å²) < 4.78 is 29.2. The second-order valence-corrected chi connectivity index (χ2v) is 7.88. The summed E-state index contributed by atoms with van der Waals surface area (Å²) in [6, 6.07) is 0. The molecule has 1 aliphatic rings. The lowest BCUT2D eigenvalue weighted by Crippen LogP contribution is -2.35. The van der Waals surface area contributed by atoms with E-state index < -0.39 is 22.1 Å². The Bertz CT molecular complexity index is 612. The summed E-state index contributed by atoms with van der Waals surface area (Å²) in [5.74, 6) is -0.0679. The van der Waals surface area contributed by atoms with Crippen molar-refractivity contribution in [3.05, 3.63) is 18.0 Å². The van der Waals surface area contributed by atoms with Gasteiger partial charge in [0.1, 0.15) is 10.7 Å². The highest BCUT2D eigenvalue weighted by atomic mass is 32.2. The SMILES string of the molecule is CCOC(=O)C(C)(CCn1cc(C2CCCCC2)cn1)C[SH](=O)=O. The minimum atomic E-state index is -2.65. The van der Waals surface area contributed by atoms with Crippen molar-refractivity contribution in [3.63, 3.8) is 0 Å². The summed E-state index contributed by atoms with van der Waals surface area (Å²) in [6.07, 6.45) is 10.6. The molecule has 24 heavy (non-hydrogen) atoms. The molecule has 1 aliphatic carbocycles. The van der Waals surface area contributed by atoms with E-state index in [9.17, 15) is 13.2 Å². The van der Waals surface area contributed by atoms with E-state index in [1.165, 1.54) is 37.7 Å². The van der Waals surface area contributed by atoms with Crippen LogP contribution < -0.4 is 0 Å². The second kappa shape index (κ2) is 8.65. The third-order valence-electron chi connectivity index (χ3n) is 4.87. The number of nitrogens with zero attached hydrogens (tertiary/aromatic N) is 2. The zero-order chi connectivity index (χ0) is 17.6. The summed E-state index contributed by atoms with van der Waals surface area (Å²) in [7, 11) is -2.65. The van der Waals surface area contributed by atoms with Crippen molar-refractivity contribution in [1.82, 2.24) is 9.78 Å². The highest BCUT2D eigenvalue weighted by Gasteiger charge is 2.35. The predicted octanol–water partition coefficient (Wildman–Crippen LogP) is 2.50. The van der Waals surface area contributed by atoms with Gasteiger partial charge in [0.2, 0.25) is 0 Å². The van der Waals surface area contributed by atoms with Crippen molar-refractivity contribution < 1.29 is 17.9 Å². The number of rotatable bonds is 8. The molecule has 1 aromatic rings. The highest BCUT2D eigenvalue weighted by Crippen LogP contribution is 2.32. The Morgan fingerprint density at radius 3 is 2.71 bits per heavy atom. The summed E-state index contributed by atoms with van der Waals surface area (Å²) in [5.41, 5.74) is 0.227. The van der Waals surface area contributed by atoms with Crippen molar-refractivity contribution in [2.45, 2.75) is 64.8 Å². The van der Waals surface area contributed by atoms with Gasteiger partial charge < -0.3 is 4.74 Å². The smallest absolute Gasteiger partial charge is 0.312 e.